The van der Waals surface area contributed by atoms with E-state index in [0.717, 1.165) is 71.5 Å². The van der Waals surface area contributed by atoms with E-state index in [4.69, 9.17) is 5.11 Å². The zero-order valence-corrected chi connectivity index (χ0v) is 16.2. The Morgan fingerprint density at radius 3 is 2.83 bits per heavy atom. The number of fused-ring (bicyclic) bond motifs is 2. The minimum Gasteiger partial charge on any atom is -0.400 e. The molecule has 0 aliphatic carbocycles. The fourth-order valence-corrected chi connectivity index (χ4v) is 4.07. The van der Waals surface area contributed by atoms with Gasteiger partial charge in [0.05, 0.1) is 22.6 Å². The molecular formula is C22H23N5O2. The van der Waals surface area contributed by atoms with Crippen molar-refractivity contribution in [1.82, 2.24) is 20.2 Å². The molecule has 5 rings (SSSR count). The van der Waals surface area contributed by atoms with Crippen LogP contribution >= 0.6 is 0 Å². The van der Waals surface area contributed by atoms with E-state index >= 15 is 0 Å². The molecule has 29 heavy (non-hydrogen) atoms. The summed E-state index contributed by atoms with van der Waals surface area (Å²) in [6, 6.07) is 12.3. The Morgan fingerprint density at radius 1 is 1.14 bits per heavy atom. The Morgan fingerprint density at radius 2 is 1.97 bits per heavy atom. The van der Waals surface area contributed by atoms with E-state index in [1.165, 1.54) is 0 Å². The SMILES string of the molecule is CO.O=CC1CCCN(c2ncnc3cccc(-c4cccc5[nH]ncc45)c23)C1. The number of aromatic amines is 1. The predicted molar refractivity (Wildman–Crippen MR) is 114 cm³/mol. The molecule has 7 nitrogen and oxygen atoms in total. The topological polar surface area (TPSA) is 95.0 Å². The van der Waals surface area contributed by atoms with Crippen molar-refractivity contribution >= 4 is 33.9 Å². The van der Waals surface area contributed by atoms with Crippen molar-refractivity contribution in [2.45, 2.75) is 12.8 Å². The van der Waals surface area contributed by atoms with E-state index < -0.39 is 0 Å². The Hall–Kier alpha value is -3.32. The maximum atomic E-state index is 11.3. The molecule has 1 aliphatic rings. The molecule has 1 fully saturated rings. The minimum absolute atomic E-state index is 0.0632. The number of hydrogen-bond donors (Lipinski definition) is 2. The summed E-state index contributed by atoms with van der Waals surface area (Å²) in [5.74, 6) is 0.968. The van der Waals surface area contributed by atoms with Crippen LogP contribution in [0.2, 0.25) is 0 Å². The first-order chi connectivity index (χ1) is 14.3. The van der Waals surface area contributed by atoms with Crippen molar-refractivity contribution in [3.63, 3.8) is 0 Å². The largest absolute Gasteiger partial charge is 0.400 e. The van der Waals surface area contributed by atoms with Crippen LogP contribution in [0.5, 0.6) is 0 Å². The summed E-state index contributed by atoms with van der Waals surface area (Å²) in [7, 11) is 1.00. The lowest BCUT2D eigenvalue weighted by Crippen LogP contribution is -2.36. The van der Waals surface area contributed by atoms with E-state index in [9.17, 15) is 4.79 Å². The zero-order valence-electron chi connectivity index (χ0n) is 16.2. The third-order valence-corrected chi connectivity index (χ3v) is 5.37. The Kier molecular flexibility index (Phi) is 5.48. The van der Waals surface area contributed by atoms with Gasteiger partial charge in [0.15, 0.2) is 0 Å². The first kappa shape index (κ1) is 19.0. The fourth-order valence-electron chi connectivity index (χ4n) is 4.07. The number of aliphatic hydroxyl groups is 1. The highest BCUT2D eigenvalue weighted by Crippen LogP contribution is 2.37. The molecule has 148 valence electrons. The summed E-state index contributed by atoms with van der Waals surface area (Å²) in [5, 5.41) is 16.3. The number of nitrogens with one attached hydrogen (secondary N) is 1. The van der Waals surface area contributed by atoms with Crippen molar-refractivity contribution in [3.8, 4) is 11.1 Å². The van der Waals surface area contributed by atoms with Gasteiger partial charge < -0.3 is 14.8 Å². The average molecular weight is 389 g/mol. The molecule has 3 heterocycles. The maximum absolute atomic E-state index is 11.3. The number of nitrogens with zero attached hydrogens (tertiary/aromatic N) is 4. The van der Waals surface area contributed by atoms with Crippen LogP contribution in [0.1, 0.15) is 12.8 Å². The van der Waals surface area contributed by atoms with Gasteiger partial charge in [-0.1, -0.05) is 24.3 Å². The standard InChI is InChI=1S/C21H19N5O.CH4O/c27-12-14-4-3-9-26(11-14)21-20-16(6-2-8-19(20)22-13-23-21)15-5-1-7-18-17(15)10-24-25-18;1-2/h1-2,5-8,10,12-14H,3-4,9,11H2,(H,24,25);2H,1H3. The summed E-state index contributed by atoms with van der Waals surface area (Å²) in [4.78, 5) is 22.7. The molecule has 2 N–H and O–H groups in total. The molecule has 0 spiro atoms. The molecule has 1 unspecified atom stereocenters. The van der Waals surface area contributed by atoms with E-state index in [1.807, 2.05) is 30.5 Å². The van der Waals surface area contributed by atoms with Crippen LogP contribution in [0, 0.1) is 5.92 Å². The number of benzene rings is 2. The van der Waals surface area contributed by atoms with Crippen LogP contribution in [0.15, 0.2) is 48.9 Å². The maximum Gasteiger partial charge on any atom is 0.140 e. The van der Waals surface area contributed by atoms with Crippen LogP contribution in [0.3, 0.4) is 0 Å². The summed E-state index contributed by atoms with van der Waals surface area (Å²) in [5.41, 5.74) is 4.10. The molecule has 1 aliphatic heterocycles. The van der Waals surface area contributed by atoms with Crippen molar-refractivity contribution < 1.29 is 9.90 Å². The predicted octanol–water partition coefficient (Wildman–Crippen LogP) is 3.20. The number of aldehydes is 1. The highest BCUT2D eigenvalue weighted by molar-refractivity contribution is 6.07. The van der Waals surface area contributed by atoms with Gasteiger partial charge in [-0.05, 0) is 36.1 Å². The van der Waals surface area contributed by atoms with Crippen molar-refractivity contribution in [3.05, 3.63) is 48.9 Å². The molecule has 2 aromatic carbocycles. The van der Waals surface area contributed by atoms with Gasteiger partial charge >= 0.3 is 0 Å². The molecule has 0 radical (unpaired) electrons. The van der Waals surface area contributed by atoms with Crippen molar-refractivity contribution in [2.75, 3.05) is 25.1 Å². The number of carbonyl (C=O) groups is 1. The second-order valence-electron chi connectivity index (χ2n) is 7.02. The summed E-state index contributed by atoms with van der Waals surface area (Å²) in [6.07, 6.45) is 6.49. The number of piperidine rings is 1. The Balaban J connectivity index is 0.000000994. The highest BCUT2D eigenvalue weighted by Gasteiger charge is 2.23. The zero-order chi connectivity index (χ0) is 20.2. The third-order valence-electron chi connectivity index (χ3n) is 5.37. The molecule has 1 saturated heterocycles. The molecule has 0 amide bonds. The highest BCUT2D eigenvalue weighted by atomic mass is 16.2. The minimum atomic E-state index is 0.0632. The first-order valence-corrected chi connectivity index (χ1v) is 9.66. The van der Waals surface area contributed by atoms with Crippen LogP contribution in [0.4, 0.5) is 5.82 Å². The van der Waals surface area contributed by atoms with Crippen LogP contribution < -0.4 is 4.90 Å². The van der Waals surface area contributed by atoms with Gasteiger partial charge in [0.25, 0.3) is 0 Å². The van der Waals surface area contributed by atoms with Crippen molar-refractivity contribution in [1.29, 1.82) is 0 Å². The molecular weight excluding hydrogens is 366 g/mol. The normalized spacial score (nSPS) is 16.5. The number of hydrogen-bond acceptors (Lipinski definition) is 6. The van der Waals surface area contributed by atoms with E-state index in [2.05, 4.69) is 37.2 Å². The Labute approximate surface area is 168 Å². The van der Waals surface area contributed by atoms with Gasteiger partial charge in [0.1, 0.15) is 18.4 Å². The summed E-state index contributed by atoms with van der Waals surface area (Å²) >= 11 is 0. The van der Waals surface area contributed by atoms with E-state index in [1.54, 1.807) is 6.33 Å². The quantitative estimate of drug-likeness (QED) is 0.523. The van der Waals surface area contributed by atoms with Crippen LogP contribution in [-0.4, -0.2) is 51.8 Å². The number of anilines is 1. The van der Waals surface area contributed by atoms with Gasteiger partial charge in [-0.25, -0.2) is 9.97 Å². The first-order valence-electron chi connectivity index (χ1n) is 9.66. The van der Waals surface area contributed by atoms with Gasteiger partial charge in [-0.2, -0.15) is 5.10 Å². The molecule has 1 atom stereocenters. The fraction of sp³-hybridized carbons (Fsp3) is 0.273. The van der Waals surface area contributed by atoms with E-state index in [0.29, 0.717) is 6.54 Å². The van der Waals surface area contributed by atoms with E-state index in [-0.39, 0.29) is 5.92 Å². The molecule has 4 aromatic rings. The summed E-state index contributed by atoms with van der Waals surface area (Å²) < 4.78 is 0. The number of rotatable bonds is 3. The molecule has 0 saturated carbocycles. The van der Waals surface area contributed by atoms with Crippen molar-refractivity contribution in [2.24, 2.45) is 5.92 Å². The number of carbonyl (C=O) groups excluding carboxylic acids is 1. The van der Waals surface area contributed by atoms with Crippen LogP contribution in [0.25, 0.3) is 32.9 Å². The lowest BCUT2D eigenvalue weighted by molar-refractivity contribution is -0.111. The Bertz CT molecular complexity index is 1140. The third kappa shape index (κ3) is 3.45. The lowest BCUT2D eigenvalue weighted by atomic mass is 9.96. The smallest absolute Gasteiger partial charge is 0.140 e. The second kappa shape index (κ2) is 8.36. The number of aromatic nitrogens is 4. The van der Waals surface area contributed by atoms with Gasteiger partial charge in [-0.15, -0.1) is 0 Å². The summed E-state index contributed by atoms with van der Waals surface area (Å²) in [6.45, 7) is 1.61. The van der Waals surface area contributed by atoms with Gasteiger partial charge in [0, 0.05) is 31.5 Å². The molecule has 0 bridgehead atoms. The lowest BCUT2D eigenvalue weighted by Gasteiger charge is -2.32. The average Bonchev–Trinajstić information content (AvgIpc) is 3.29. The van der Waals surface area contributed by atoms with Gasteiger partial charge in [0.2, 0.25) is 0 Å². The molecule has 7 heteroatoms. The second-order valence-corrected chi connectivity index (χ2v) is 7.02. The number of aliphatic hydroxyl groups excluding tert-OH is 1. The molecule has 2 aromatic heterocycles. The van der Waals surface area contributed by atoms with Crippen LogP contribution in [-0.2, 0) is 4.79 Å². The monoisotopic (exact) mass is 389 g/mol. The number of H-pyrrole nitrogens is 1. The van der Waals surface area contributed by atoms with Gasteiger partial charge in [-0.3, -0.25) is 5.10 Å².